The van der Waals surface area contributed by atoms with Crippen molar-refractivity contribution in [1.82, 2.24) is 19.7 Å². The first-order chi connectivity index (χ1) is 18.6. The Morgan fingerprint density at radius 3 is 2.18 bits per heavy atom. The van der Waals surface area contributed by atoms with Crippen molar-refractivity contribution in [3.05, 3.63) is 89.0 Å². The highest BCUT2D eigenvalue weighted by atomic mass is 15.2. The van der Waals surface area contributed by atoms with Gasteiger partial charge in [0.2, 0.25) is 0 Å². The summed E-state index contributed by atoms with van der Waals surface area (Å²) in [6.45, 7) is 21.0. The van der Waals surface area contributed by atoms with Crippen LogP contribution in [0.4, 0.5) is 5.82 Å². The Morgan fingerprint density at radius 2 is 1.53 bits per heavy atom. The van der Waals surface area contributed by atoms with Crippen LogP contribution < -0.4 is 5.32 Å². The number of anilines is 1. The lowest BCUT2D eigenvalue weighted by molar-refractivity contribution is 0.983. The molecule has 2 N–H and O–H groups in total. The highest BCUT2D eigenvalue weighted by Crippen LogP contribution is 2.35. The molecule has 0 saturated heterocycles. The van der Waals surface area contributed by atoms with Crippen molar-refractivity contribution in [3.63, 3.8) is 0 Å². The molecule has 0 fully saturated rings. The second-order valence-electron chi connectivity index (χ2n) is 8.24. The highest BCUT2D eigenvalue weighted by molar-refractivity contribution is 6.02. The number of hydrogen-bond donors (Lipinski definition) is 2. The Hall–Kier alpha value is -3.86. The van der Waals surface area contributed by atoms with Crippen molar-refractivity contribution in [2.75, 3.05) is 5.32 Å². The van der Waals surface area contributed by atoms with Gasteiger partial charge >= 0.3 is 0 Å². The molecule has 0 saturated carbocycles. The average molecular weight is 512 g/mol. The maximum absolute atomic E-state index is 4.58. The summed E-state index contributed by atoms with van der Waals surface area (Å²) in [5, 5.41) is 16.1. The Bertz CT molecular complexity index is 1450. The SMILES string of the molecule is C/C=C/c1c2c(NCc3cccc4[nH]ccc34)nnc(C)c2c(C)n1-c1ccc(C)cc1.CC.CC.CC. The molecule has 5 aromatic rings. The van der Waals surface area contributed by atoms with Gasteiger partial charge in [-0.05, 0) is 63.6 Å². The van der Waals surface area contributed by atoms with Crippen LogP contribution in [0.25, 0.3) is 33.4 Å². The van der Waals surface area contributed by atoms with Gasteiger partial charge in [-0.3, -0.25) is 0 Å². The Kier molecular flexibility index (Phi) is 11.8. The number of hydrogen-bond acceptors (Lipinski definition) is 3. The van der Waals surface area contributed by atoms with Gasteiger partial charge in [0.25, 0.3) is 0 Å². The van der Waals surface area contributed by atoms with Crippen LogP contribution >= 0.6 is 0 Å². The van der Waals surface area contributed by atoms with Gasteiger partial charge < -0.3 is 14.9 Å². The molecular formula is C33H45N5. The van der Waals surface area contributed by atoms with E-state index in [1.165, 1.54) is 22.2 Å². The summed E-state index contributed by atoms with van der Waals surface area (Å²) >= 11 is 0. The zero-order valence-corrected chi connectivity index (χ0v) is 24.9. The number of nitrogens with zero attached hydrogens (tertiary/aromatic N) is 3. The van der Waals surface area contributed by atoms with E-state index in [0.717, 1.165) is 39.2 Å². The lowest BCUT2D eigenvalue weighted by Gasteiger charge is -2.11. The number of aromatic amines is 1. The van der Waals surface area contributed by atoms with Crippen LogP contribution in [0, 0.1) is 20.8 Å². The van der Waals surface area contributed by atoms with Crippen molar-refractivity contribution < 1.29 is 0 Å². The van der Waals surface area contributed by atoms with Gasteiger partial charge in [-0.15, -0.1) is 5.10 Å². The minimum Gasteiger partial charge on any atom is -0.364 e. The number of aryl methyl sites for hydroxylation is 3. The number of benzene rings is 2. The Balaban J connectivity index is 0.000000791. The van der Waals surface area contributed by atoms with Crippen LogP contribution in [0.15, 0.2) is 60.8 Å². The summed E-state index contributed by atoms with van der Waals surface area (Å²) in [4.78, 5) is 3.29. The first-order valence-corrected chi connectivity index (χ1v) is 14.0. The van der Waals surface area contributed by atoms with E-state index in [-0.39, 0.29) is 0 Å². The molecule has 0 unspecified atom stereocenters. The van der Waals surface area contributed by atoms with Crippen molar-refractivity contribution in [3.8, 4) is 5.69 Å². The van der Waals surface area contributed by atoms with Crippen LogP contribution in [0.3, 0.4) is 0 Å². The number of fused-ring (bicyclic) bond motifs is 2. The van der Waals surface area contributed by atoms with E-state index in [2.05, 4.69) is 107 Å². The fraction of sp³-hybridized carbons (Fsp3) is 0.333. The molecule has 0 amide bonds. The molecule has 3 heterocycles. The van der Waals surface area contributed by atoms with E-state index in [1.54, 1.807) is 0 Å². The zero-order chi connectivity index (χ0) is 28.2. The summed E-state index contributed by atoms with van der Waals surface area (Å²) in [6.07, 6.45) is 6.22. The van der Waals surface area contributed by atoms with Crippen molar-refractivity contribution in [2.45, 2.75) is 75.8 Å². The third-order valence-corrected chi connectivity index (χ3v) is 6.09. The molecule has 0 radical (unpaired) electrons. The van der Waals surface area contributed by atoms with Crippen molar-refractivity contribution in [2.24, 2.45) is 0 Å². The molecule has 2 aromatic carbocycles. The van der Waals surface area contributed by atoms with Gasteiger partial charge in [0.1, 0.15) is 0 Å². The number of allylic oxidation sites excluding steroid dienone is 1. The van der Waals surface area contributed by atoms with Gasteiger partial charge in [-0.1, -0.05) is 77.4 Å². The molecule has 0 atom stereocenters. The lowest BCUT2D eigenvalue weighted by atomic mass is 10.1. The summed E-state index contributed by atoms with van der Waals surface area (Å²) < 4.78 is 2.30. The lowest BCUT2D eigenvalue weighted by Crippen LogP contribution is -2.04. The monoisotopic (exact) mass is 511 g/mol. The van der Waals surface area contributed by atoms with Crippen molar-refractivity contribution in [1.29, 1.82) is 0 Å². The van der Waals surface area contributed by atoms with E-state index in [9.17, 15) is 0 Å². The number of aromatic nitrogens is 4. The maximum atomic E-state index is 4.58. The molecular weight excluding hydrogens is 466 g/mol. The Morgan fingerprint density at radius 1 is 0.842 bits per heavy atom. The molecule has 38 heavy (non-hydrogen) atoms. The largest absolute Gasteiger partial charge is 0.364 e. The molecule has 5 heteroatoms. The van der Waals surface area contributed by atoms with Gasteiger partial charge in [0.05, 0.1) is 16.8 Å². The van der Waals surface area contributed by atoms with Gasteiger partial charge in [-0.25, -0.2) is 0 Å². The van der Waals surface area contributed by atoms with Crippen molar-refractivity contribution >= 4 is 33.6 Å². The summed E-state index contributed by atoms with van der Waals surface area (Å²) in [7, 11) is 0. The van der Waals surface area contributed by atoms with Crippen LogP contribution in [0.2, 0.25) is 0 Å². The number of nitrogens with one attached hydrogen (secondary N) is 2. The summed E-state index contributed by atoms with van der Waals surface area (Å²) in [5.41, 5.74) is 7.97. The molecule has 3 aromatic heterocycles. The fourth-order valence-electron chi connectivity index (χ4n) is 4.57. The molecule has 5 nitrogen and oxygen atoms in total. The molecule has 0 aliphatic rings. The molecule has 202 valence electrons. The predicted octanol–water partition coefficient (Wildman–Crippen LogP) is 9.55. The quantitative estimate of drug-likeness (QED) is 0.247. The molecule has 0 spiro atoms. The summed E-state index contributed by atoms with van der Waals surface area (Å²) in [5.74, 6) is 0.806. The van der Waals surface area contributed by atoms with E-state index >= 15 is 0 Å². The minimum absolute atomic E-state index is 0.673. The van der Waals surface area contributed by atoms with Crippen LogP contribution in [0.1, 0.15) is 76.7 Å². The molecule has 0 aliphatic carbocycles. The van der Waals surface area contributed by atoms with Crippen LogP contribution in [0.5, 0.6) is 0 Å². The third-order valence-electron chi connectivity index (χ3n) is 6.09. The maximum Gasteiger partial charge on any atom is 0.159 e. The second-order valence-corrected chi connectivity index (χ2v) is 8.24. The van der Waals surface area contributed by atoms with Gasteiger partial charge in [0, 0.05) is 40.4 Å². The molecule has 0 bridgehead atoms. The standard InChI is InChI=1S/C27H27N5.3C2H6/c1-5-7-24-26-25(19(4)32(24)21-12-10-17(2)11-13-21)18(3)30-31-27(26)29-16-20-8-6-9-23-22(20)14-15-28-23;3*1-2/h5-15,28H,16H2,1-4H3,(H,29,31);3*1-2H3/b7-5+;;;. The molecule has 5 rings (SSSR count). The fourth-order valence-corrected chi connectivity index (χ4v) is 4.57. The van der Waals surface area contributed by atoms with Gasteiger partial charge in [-0.2, -0.15) is 5.10 Å². The normalized spacial score (nSPS) is 10.4. The average Bonchev–Trinajstić information content (AvgIpc) is 3.56. The smallest absolute Gasteiger partial charge is 0.159 e. The van der Waals surface area contributed by atoms with E-state index < -0.39 is 0 Å². The predicted molar refractivity (Wildman–Crippen MR) is 167 cm³/mol. The first-order valence-electron chi connectivity index (χ1n) is 14.0. The van der Waals surface area contributed by atoms with E-state index in [0.29, 0.717) is 6.54 Å². The Labute approximate surface area is 229 Å². The minimum atomic E-state index is 0.673. The van der Waals surface area contributed by atoms with Gasteiger partial charge in [0.15, 0.2) is 5.82 Å². The van der Waals surface area contributed by atoms with Crippen LogP contribution in [-0.2, 0) is 6.54 Å². The summed E-state index contributed by atoms with van der Waals surface area (Å²) in [6, 6.07) is 17.1. The third kappa shape index (κ3) is 6.16. The second kappa shape index (κ2) is 14.8. The topological polar surface area (TPSA) is 58.5 Å². The molecule has 0 aliphatic heterocycles. The van der Waals surface area contributed by atoms with E-state index in [4.69, 9.17) is 0 Å². The highest BCUT2D eigenvalue weighted by Gasteiger charge is 2.20. The first kappa shape index (κ1) is 30.4. The number of H-pyrrole nitrogens is 1. The van der Waals surface area contributed by atoms with E-state index in [1.807, 2.05) is 54.7 Å². The zero-order valence-electron chi connectivity index (χ0n) is 24.9. The number of rotatable bonds is 5. The van der Waals surface area contributed by atoms with Crippen LogP contribution in [-0.4, -0.2) is 19.7 Å².